The number of aromatic nitrogens is 1. The van der Waals surface area contributed by atoms with E-state index in [1.54, 1.807) is 12.5 Å². The first-order valence-corrected chi connectivity index (χ1v) is 9.52. The molecule has 2 aromatic heterocycles. The van der Waals surface area contributed by atoms with E-state index in [2.05, 4.69) is 27.2 Å². The third kappa shape index (κ3) is 5.62. The summed E-state index contributed by atoms with van der Waals surface area (Å²) in [5.74, 6) is 2.02. The molecule has 142 valence electrons. The number of nitrogens with zero attached hydrogens (tertiary/aromatic N) is 4. The van der Waals surface area contributed by atoms with Crippen LogP contribution in [-0.4, -0.2) is 60.2 Å². The van der Waals surface area contributed by atoms with Crippen molar-refractivity contribution in [3.05, 3.63) is 42.2 Å². The van der Waals surface area contributed by atoms with Gasteiger partial charge < -0.3 is 19.2 Å². The van der Waals surface area contributed by atoms with Gasteiger partial charge >= 0.3 is 0 Å². The number of furan rings is 1. The number of hydrogen-bond donors (Lipinski definition) is 1. The molecule has 0 aliphatic carbocycles. The summed E-state index contributed by atoms with van der Waals surface area (Å²) in [5, 5.41) is 7.52. The fraction of sp³-hybridized carbons (Fsp3) is 0.579. The summed E-state index contributed by atoms with van der Waals surface area (Å²) in [4.78, 5) is 9.57. The first kappa shape index (κ1) is 18.5. The highest BCUT2D eigenvalue weighted by atomic mass is 16.5. The van der Waals surface area contributed by atoms with Gasteiger partial charge in [-0.05, 0) is 18.6 Å². The summed E-state index contributed by atoms with van der Waals surface area (Å²) in [7, 11) is 0. The third-order valence-electron chi connectivity index (χ3n) is 4.56. The van der Waals surface area contributed by atoms with Crippen LogP contribution in [0.1, 0.15) is 31.2 Å². The lowest BCUT2D eigenvalue weighted by Gasteiger charge is -2.36. The van der Waals surface area contributed by atoms with Crippen LogP contribution < -0.4 is 5.32 Å². The zero-order valence-corrected chi connectivity index (χ0v) is 15.6. The molecule has 7 nitrogen and oxygen atoms in total. The van der Waals surface area contributed by atoms with Crippen LogP contribution in [0, 0.1) is 0 Å². The fourth-order valence-corrected chi connectivity index (χ4v) is 3.03. The van der Waals surface area contributed by atoms with Gasteiger partial charge in [0, 0.05) is 58.3 Å². The van der Waals surface area contributed by atoms with Crippen LogP contribution in [0.25, 0.3) is 0 Å². The molecule has 1 aliphatic heterocycles. The number of nitrogens with one attached hydrogen (secondary N) is 1. The maximum absolute atomic E-state index is 5.41. The topological polar surface area (TPSA) is 70.0 Å². The predicted octanol–water partition coefficient (Wildman–Crippen LogP) is 2.37. The van der Waals surface area contributed by atoms with Crippen LogP contribution >= 0.6 is 0 Å². The summed E-state index contributed by atoms with van der Waals surface area (Å²) >= 11 is 0. The molecule has 0 saturated carbocycles. The Balaban J connectivity index is 1.48. The van der Waals surface area contributed by atoms with Gasteiger partial charge in [0.25, 0.3) is 0 Å². The molecule has 0 atom stereocenters. The molecule has 0 bridgehead atoms. The summed E-state index contributed by atoms with van der Waals surface area (Å²) in [6.45, 7) is 8.68. The van der Waals surface area contributed by atoms with Gasteiger partial charge in [0.15, 0.2) is 5.96 Å². The van der Waals surface area contributed by atoms with E-state index in [1.165, 1.54) is 0 Å². The Hall–Kier alpha value is -2.28. The minimum Gasteiger partial charge on any atom is -0.469 e. The molecule has 0 radical (unpaired) electrons. The first-order chi connectivity index (χ1) is 12.8. The molecule has 3 rings (SSSR count). The predicted molar refractivity (Wildman–Crippen MR) is 101 cm³/mol. The highest BCUT2D eigenvalue weighted by molar-refractivity contribution is 5.80. The molecule has 0 amide bonds. The van der Waals surface area contributed by atoms with E-state index >= 15 is 0 Å². The molecule has 26 heavy (non-hydrogen) atoms. The average Bonchev–Trinajstić information content (AvgIpc) is 3.35. The highest BCUT2D eigenvalue weighted by Gasteiger charge is 2.20. The monoisotopic (exact) mass is 359 g/mol. The molecule has 2 aromatic rings. The van der Waals surface area contributed by atoms with Crippen molar-refractivity contribution >= 4 is 5.96 Å². The molecule has 0 spiro atoms. The normalized spacial score (nSPS) is 16.2. The molecule has 3 heterocycles. The molecule has 0 unspecified atom stereocenters. The standard InChI is InChI=1S/C19H29N5O2/c1-2-3-8-20-19(21-9-6-18-5-4-14-25-18)24-12-10-23(11-13-24)16-17-7-15-26-22-17/h4-5,7,14-15H,2-3,6,8-13,16H2,1H3,(H,20,21). The van der Waals surface area contributed by atoms with Crippen molar-refractivity contribution in [2.45, 2.75) is 32.7 Å². The third-order valence-corrected chi connectivity index (χ3v) is 4.56. The van der Waals surface area contributed by atoms with Crippen LogP contribution in [-0.2, 0) is 13.0 Å². The molecule has 0 aromatic carbocycles. The number of unbranched alkanes of at least 4 members (excludes halogenated alkanes) is 1. The highest BCUT2D eigenvalue weighted by Crippen LogP contribution is 2.08. The van der Waals surface area contributed by atoms with Gasteiger partial charge in [0.2, 0.25) is 0 Å². The lowest BCUT2D eigenvalue weighted by molar-refractivity contribution is 0.169. The second-order valence-electron chi connectivity index (χ2n) is 6.57. The van der Waals surface area contributed by atoms with Crippen molar-refractivity contribution in [2.75, 3.05) is 39.3 Å². The van der Waals surface area contributed by atoms with E-state index < -0.39 is 0 Å². The maximum atomic E-state index is 5.41. The Morgan fingerprint density at radius 2 is 2.12 bits per heavy atom. The Morgan fingerprint density at radius 1 is 1.23 bits per heavy atom. The van der Waals surface area contributed by atoms with Crippen molar-refractivity contribution in [2.24, 2.45) is 4.99 Å². The summed E-state index contributed by atoms with van der Waals surface area (Å²) < 4.78 is 10.3. The maximum Gasteiger partial charge on any atom is 0.194 e. The molecule has 1 N–H and O–H groups in total. The van der Waals surface area contributed by atoms with Crippen LogP contribution in [0.2, 0.25) is 0 Å². The van der Waals surface area contributed by atoms with Crippen molar-refractivity contribution in [1.82, 2.24) is 20.3 Å². The fourth-order valence-electron chi connectivity index (χ4n) is 3.03. The number of rotatable bonds is 8. The zero-order chi connectivity index (χ0) is 18.0. The second kappa shape index (κ2) is 10.0. The number of hydrogen-bond acceptors (Lipinski definition) is 5. The van der Waals surface area contributed by atoms with Crippen molar-refractivity contribution in [3.63, 3.8) is 0 Å². The molecular formula is C19H29N5O2. The largest absolute Gasteiger partial charge is 0.469 e. The van der Waals surface area contributed by atoms with Gasteiger partial charge in [-0.3, -0.25) is 9.89 Å². The number of piperazine rings is 1. The van der Waals surface area contributed by atoms with Crippen LogP contribution in [0.4, 0.5) is 0 Å². The number of guanidine groups is 1. The van der Waals surface area contributed by atoms with Gasteiger partial charge in [-0.25, -0.2) is 0 Å². The van der Waals surface area contributed by atoms with Gasteiger partial charge in [-0.2, -0.15) is 0 Å². The molecule has 1 fully saturated rings. The van der Waals surface area contributed by atoms with Crippen LogP contribution in [0.15, 0.2) is 44.7 Å². The van der Waals surface area contributed by atoms with Crippen molar-refractivity contribution in [3.8, 4) is 0 Å². The lowest BCUT2D eigenvalue weighted by atomic mass is 10.3. The van der Waals surface area contributed by atoms with Gasteiger partial charge in [-0.15, -0.1) is 0 Å². The van der Waals surface area contributed by atoms with E-state index in [0.717, 1.165) is 82.5 Å². The smallest absolute Gasteiger partial charge is 0.194 e. The minimum atomic E-state index is 0.831. The Bertz CT molecular complexity index is 631. The van der Waals surface area contributed by atoms with E-state index in [9.17, 15) is 0 Å². The Kier molecular flexibility index (Phi) is 7.13. The van der Waals surface area contributed by atoms with Crippen LogP contribution in [0.5, 0.6) is 0 Å². The van der Waals surface area contributed by atoms with Gasteiger partial charge in [0.1, 0.15) is 12.0 Å². The SMILES string of the molecule is CCCCN=C(NCCc1ccco1)N1CCN(Cc2ccon2)CC1. The molecular weight excluding hydrogens is 330 g/mol. The lowest BCUT2D eigenvalue weighted by Crippen LogP contribution is -2.52. The Labute approximate surface area is 155 Å². The molecule has 1 aliphatic rings. The molecule has 1 saturated heterocycles. The van der Waals surface area contributed by atoms with Crippen molar-refractivity contribution < 1.29 is 8.94 Å². The van der Waals surface area contributed by atoms with E-state index in [1.807, 2.05) is 18.2 Å². The van der Waals surface area contributed by atoms with E-state index in [-0.39, 0.29) is 0 Å². The summed E-state index contributed by atoms with van der Waals surface area (Å²) in [5.41, 5.74) is 0.992. The zero-order valence-electron chi connectivity index (χ0n) is 15.6. The second-order valence-corrected chi connectivity index (χ2v) is 6.57. The summed E-state index contributed by atoms with van der Waals surface area (Å²) in [6.07, 6.45) is 6.50. The summed E-state index contributed by atoms with van der Waals surface area (Å²) in [6, 6.07) is 5.87. The number of aliphatic imine (C=N–C) groups is 1. The Morgan fingerprint density at radius 3 is 2.81 bits per heavy atom. The van der Waals surface area contributed by atoms with Crippen LogP contribution in [0.3, 0.4) is 0 Å². The quantitative estimate of drug-likeness (QED) is 0.443. The van der Waals surface area contributed by atoms with Gasteiger partial charge in [-0.1, -0.05) is 18.5 Å². The van der Waals surface area contributed by atoms with E-state index in [4.69, 9.17) is 13.9 Å². The minimum absolute atomic E-state index is 0.831. The van der Waals surface area contributed by atoms with E-state index in [0.29, 0.717) is 0 Å². The van der Waals surface area contributed by atoms with Gasteiger partial charge in [0.05, 0.1) is 12.0 Å². The first-order valence-electron chi connectivity index (χ1n) is 9.52. The average molecular weight is 359 g/mol. The molecule has 7 heteroatoms. The van der Waals surface area contributed by atoms with Crippen molar-refractivity contribution in [1.29, 1.82) is 0 Å².